The van der Waals surface area contributed by atoms with E-state index in [4.69, 9.17) is 5.11 Å². The number of aliphatic hydroxyl groups excluding tert-OH is 1. The Kier molecular flexibility index (Phi) is 5.17. The molecule has 1 aromatic carbocycles. The van der Waals surface area contributed by atoms with Crippen molar-refractivity contribution in [3.8, 4) is 0 Å². The molecule has 22 heavy (non-hydrogen) atoms. The van der Waals surface area contributed by atoms with Gasteiger partial charge in [-0.25, -0.2) is 17.2 Å². The maximum absolute atomic E-state index is 13.3. The van der Waals surface area contributed by atoms with E-state index in [0.717, 1.165) is 16.4 Å². The second-order valence-electron chi connectivity index (χ2n) is 4.53. The molecular formula is C14H14F2N2O3S. The van der Waals surface area contributed by atoms with Gasteiger partial charge < -0.3 is 5.11 Å². The van der Waals surface area contributed by atoms with E-state index in [0.29, 0.717) is 11.6 Å². The van der Waals surface area contributed by atoms with Crippen molar-refractivity contribution in [3.05, 3.63) is 59.9 Å². The molecule has 0 amide bonds. The molecule has 2 aromatic rings. The van der Waals surface area contributed by atoms with Gasteiger partial charge in [0.05, 0.1) is 11.5 Å². The number of sulfonamides is 1. The first kappa shape index (κ1) is 16.5. The number of rotatable bonds is 6. The molecule has 0 saturated heterocycles. The first-order chi connectivity index (χ1) is 10.4. The Morgan fingerprint density at radius 2 is 1.86 bits per heavy atom. The van der Waals surface area contributed by atoms with E-state index in [1.54, 1.807) is 12.1 Å². The van der Waals surface area contributed by atoms with Crippen LogP contribution >= 0.6 is 0 Å². The number of pyridine rings is 1. The highest BCUT2D eigenvalue weighted by atomic mass is 32.2. The van der Waals surface area contributed by atoms with E-state index in [1.807, 2.05) is 0 Å². The van der Waals surface area contributed by atoms with E-state index < -0.39 is 33.2 Å². The maximum Gasteiger partial charge on any atom is 0.243 e. The first-order valence-corrected chi connectivity index (χ1v) is 7.83. The molecule has 8 heteroatoms. The normalized spacial score (nSPS) is 11.8. The number of halogens is 2. The van der Waals surface area contributed by atoms with Gasteiger partial charge in [-0.15, -0.1) is 0 Å². The summed E-state index contributed by atoms with van der Waals surface area (Å²) in [4.78, 5) is 3.38. The number of nitrogens with zero attached hydrogens (tertiary/aromatic N) is 2. The van der Waals surface area contributed by atoms with Gasteiger partial charge in [0.15, 0.2) is 0 Å². The molecule has 118 valence electrons. The van der Waals surface area contributed by atoms with Gasteiger partial charge in [0.25, 0.3) is 0 Å². The standard InChI is InChI=1S/C14H14F2N2O3S/c15-12-6-13(16)8-14(7-12)22(20,21)18(4-5-19)10-11-2-1-3-17-9-11/h1-3,6-9,19H,4-5,10H2. The molecule has 2 rings (SSSR count). The summed E-state index contributed by atoms with van der Waals surface area (Å²) in [6.07, 6.45) is 3.02. The highest BCUT2D eigenvalue weighted by Crippen LogP contribution is 2.20. The summed E-state index contributed by atoms with van der Waals surface area (Å²) in [6.45, 7) is -0.679. The van der Waals surface area contributed by atoms with Gasteiger partial charge in [-0.05, 0) is 23.8 Å². The Labute approximate surface area is 126 Å². The van der Waals surface area contributed by atoms with Gasteiger partial charge >= 0.3 is 0 Å². The van der Waals surface area contributed by atoms with Crippen molar-refractivity contribution < 1.29 is 22.3 Å². The minimum atomic E-state index is -4.14. The molecule has 0 aliphatic rings. The van der Waals surface area contributed by atoms with E-state index in [2.05, 4.69) is 4.98 Å². The molecule has 0 radical (unpaired) electrons. The molecular weight excluding hydrogens is 314 g/mol. The van der Waals surface area contributed by atoms with E-state index >= 15 is 0 Å². The molecule has 0 aliphatic carbocycles. The van der Waals surface area contributed by atoms with Gasteiger partial charge in [-0.1, -0.05) is 6.07 Å². The lowest BCUT2D eigenvalue weighted by Gasteiger charge is -2.21. The van der Waals surface area contributed by atoms with E-state index in [1.165, 1.54) is 12.4 Å². The molecule has 1 aromatic heterocycles. The van der Waals surface area contributed by atoms with Crippen LogP contribution in [0.25, 0.3) is 0 Å². The molecule has 0 saturated carbocycles. The minimum Gasteiger partial charge on any atom is -0.395 e. The van der Waals surface area contributed by atoms with Crippen LogP contribution in [0.1, 0.15) is 5.56 Å². The Balaban J connectivity index is 2.37. The van der Waals surface area contributed by atoms with Crippen molar-refractivity contribution in [3.63, 3.8) is 0 Å². The third-order valence-electron chi connectivity index (χ3n) is 2.90. The topological polar surface area (TPSA) is 70.5 Å². The van der Waals surface area contributed by atoms with E-state index in [-0.39, 0.29) is 13.1 Å². The summed E-state index contributed by atoms with van der Waals surface area (Å²) >= 11 is 0. The van der Waals surface area contributed by atoms with Crippen molar-refractivity contribution in [2.45, 2.75) is 11.4 Å². The summed E-state index contributed by atoms with van der Waals surface area (Å²) < 4.78 is 52.4. The number of hydrogen-bond donors (Lipinski definition) is 1. The summed E-state index contributed by atoms with van der Waals surface area (Å²) in [5.74, 6) is -1.96. The lowest BCUT2D eigenvalue weighted by molar-refractivity contribution is 0.251. The highest BCUT2D eigenvalue weighted by Gasteiger charge is 2.25. The van der Waals surface area contributed by atoms with Crippen molar-refractivity contribution >= 4 is 10.0 Å². The second kappa shape index (κ2) is 6.91. The average Bonchev–Trinajstić information content (AvgIpc) is 2.47. The van der Waals surface area contributed by atoms with Crippen LogP contribution < -0.4 is 0 Å². The zero-order valence-corrected chi connectivity index (χ0v) is 12.3. The molecule has 1 heterocycles. The van der Waals surface area contributed by atoms with Crippen molar-refractivity contribution in [2.24, 2.45) is 0 Å². The van der Waals surface area contributed by atoms with Crippen LogP contribution in [0.15, 0.2) is 47.6 Å². The van der Waals surface area contributed by atoms with Gasteiger partial charge in [0, 0.05) is 31.5 Å². The van der Waals surface area contributed by atoms with Crippen LogP contribution in [0.4, 0.5) is 8.78 Å². The summed E-state index contributed by atoms with van der Waals surface area (Å²) in [5, 5.41) is 9.06. The number of hydrogen-bond acceptors (Lipinski definition) is 4. The van der Waals surface area contributed by atoms with Gasteiger partial charge in [0.2, 0.25) is 10.0 Å². The molecule has 0 spiro atoms. The van der Waals surface area contributed by atoms with Crippen LogP contribution in [0, 0.1) is 11.6 Å². The molecule has 0 fully saturated rings. The largest absolute Gasteiger partial charge is 0.395 e. The van der Waals surface area contributed by atoms with Crippen molar-refractivity contribution in [2.75, 3.05) is 13.2 Å². The molecule has 0 atom stereocenters. The molecule has 0 unspecified atom stereocenters. The Morgan fingerprint density at radius 1 is 1.18 bits per heavy atom. The predicted molar refractivity (Wildman–Crippen MR) is 75.3 cm³/mol. The molecule has 0 aliphatic heterocycles. The van der Waals surface area contributed by atoms with Gasteiger partial charge in [0.1, 0.15) is 11.6 Å². The minimum absolute atomic E-state index is 0.0606. The third-order valence-corrected chi connectivity index (χ3v) is 4.73. The van der Waals surface area contributed by atoms with Gasteiger partial charge in [-0.2, -0.15) is 4.31 Å². The predicted octanol–water partition coefficient (Wildman–Crippen LogP) is 1.54. The van der Waals surface area contributed by atoms with Crippen molar-refractivity contribution in [1.82, 2.24) is 9.29 Å². The molecule has 0 bridgehead atoms. The van der Waals surface area contributed by atoms with Crippen LogP contribution in [-0.2, 0) is 16.6 Å². The number of aromatic nitrogens is 1. The lowest BCUT2D eigenvalue weighted by atomic mass is 10.3. The zero-order valence-electron chi connectivity index (χ0n) is 11.5. The monoisotopic (exact) mass is 328 g/mol. The first-order valence-electron chi connectivity index (χ1n) is 6.39. The lowest BCUT2D eigenvalue weighted by Crippen LogP contribution is -2.33. The number of aliphatic hydroxyl groups is 1. The number of benzene rings is 1. The third kappa shape index (κ3) is 3.85. The van der Waals surface area contributed by atoms with Crippen LogP contribution in [0.3, 0.4) is 0 Å². The van der Waals surface area contributed by atoms with Crippen LogP contribution in [-0.4, -0.2) is 36.0 Å². The Bertz CT molecular complexity index is 719. The average molecular weight is 328 g/mol. The summed E-state index contributed by atoms with van der Waals surface area (Å²) in [7, 11) is -4.14. The van der Waals surface area contributed by atoms with Crippen LogP contribution in [0.5, 0.6) is 0 Å². The zero-order chi connectivity index (χ0) is 16.2. The van der Waals surface area contributed by atoms with E-state index in [9.17, 15) is 17.2 Å². The summed E-state index contributed by atoms with van der Waals surface area (Å²) in [5.41, 5.74) is 0.594. The van der Waals surface area contributed by atoms with Crippen molar-refractivity contribution in [1.29, 1.82) is 0 Å². The fourth-order valence-electron chi connectivity index (χ4n) is 1.92. The highest BCUT2D eigenvalue weighted by molar-refractivity contribution is 7.89. The fraction of sp³-hybridized carbons (Fsp3) is 0.214. The SMILES string of the molecule is O=S(=O)(c1cc(F)cc(F)c1)N(CCO)Cc1cccnc1. The Hall–Kier alpha value is -1.90. The van der Waals surface area contributed by atoms with Crippen LogP contribution in [0.2, 0.25) is 0 Å². The summed E-state index contributed by atoms with van der Waals surface area (Å²) in [6, 6.07) is 5.38. The van der Waals surface area contributed by atoms with Gasteiger partial charge in [-0.3, -0.25) is 4.98 Å². The Morgan fingerprint density at radius 3 is 2.41 bits per heavy atom. The quantitative estimate of drug-likeness (QED) is 0.873. The molecule has 5 nitrogen and oxygen atoms in total. The maximum atomic E-state index is 13.3. The smallest absolute Gasteiger partial charge is 0.243 e. The fourth-order valence-corrected chi connectivity index (χ4v) is 3.38. The molecule has 1 N–H and O–H groups in total. The second-order valence-corrected chi connectivity index (χ2v) is 6.47.